The zero-order valence-corrected chi connectivity index (χ0v) is 10.3. The third-order valence-electron chi connectivity index (χ3n) is 3.24. The van der Waals surface area contributed by atoms with Gasteiger partial charge >= 0.3 is 0 Å². The molecule has 0 fully saturated rings. The van der Waals surface area contributed by atoms with Crippen molar-refractivity contribution in [1.82, 2.24) is 0 Å². The highest BCUT2D eigenvalue weighted by Crippen LogP contribution is 2.29. The van der Waals surface area contributed by atoms with Crippen molar-refractivity contribution in [1.29, 1.82) is 0 Å². The average Bonchev–Trinajstić information content (AvgIpc) is 2.95. The van der Waals surface area contributed by atoms with Crippen LogP contribution in [0.4, 0.5) is 0 Å². The maximum absolute atomic E-state index is 5.78. The van der Waals surface area contributed by atoms with Crippen molar-refractivity contribution >= 4 is 5.57 Å². The van der Waals surface area contributed by atoms with E-state index < -0.39 is 0 Å². The predicted octanol–water partition coefficient (Wildman–Crippen LogP) is 5.05. The summed E-state index contributed by atoms with van der Waals surface area (Å²) in [5.74, 6) is 1.77. The molecule has 0 atom stereocenters. The van der Waals surface area contributed by atoms with E-state index in [4.69, 9.17) is 4.74 Å². The summed E-state index contributed by atoms with van der Waals surface area (Å²) in [4.78, 5) is 0. The van der Waals surface area contributed by atoms with Gasteiger partial charge in [-0.2, -0.15) is 0 Å². The largest absolute Gasteiger partial charge is 0.457 e. The van der Waals surface area contributed by atoms with Crippen molar-refractivity contribution < 1.29 is 4.74 Å². The van der Waals surface area contributed by atoms with Crippen LogP contribution in [-0.2, 0) is 0 Å². The Morgan fingerprint density at radius 3 is 2.17 bits per heavy atom. The summed E-state index contributed by atoms with van der Waals surface area (Å²) in [6, 6.07) is 18.3. The highest BCUT2D eigenvalue weighted by atomic mass is 16.5. The van der Waals surface area contributed by atoms with Crippen LogP contribution >= 0.6 is 0 Å². The first-order chi connectivity index (χ1) is 8.92. The first-order valence-electron chi connectivity index (χ1n) is 6.44. The molecule has 0 saturated heterocycles. The molecule has 2 aromatic carbocycles. The molecule has 0 spiro atoms. The number of allylic oxidation sites excluding steroid dienone is 2. The van der Waals surface area contributed by atoms with Crippen LogP contribution in [0.25, 0.3) is 5.57 Å². The number of hydrogen-bond donors (Lipinski definition) is 0. The van der Waals surface area contributed by atoms with Crippen LogP contribution in [0.1, 0.15) is 24.8 Å². The number of benzene rings is 2. The van der Waals surface area contributed by atoms with Gasteiger partial charge < -0.3 is 4.74 Å². The standard InChI is InChI=1S/C17H16O/c1-2-8-16(9-3-1)18-17-12-10-15(11-13-17)14-6-4-5-7-14/h1-3,6,8-13H,4-5,7H2. The van der Waals surface area contributed by atoms with Gasteiger partial charge in [0.2, 0.25) is 0 Å². The fraction of sp³-hybridized carbons (Fsp3) is 0.176. The van der Waals surface area contributed by atoms with Crippen molar-refractivity contribution in [2.45, 2.75) is 19.3 Å². The zero-order valence-electron chi connectivity index (χ0n) is 10.3. The molecule has 0 aromatic heterocycles. The molecule has 18 heavy (non-hydrogen) atoms. The van der Waals surface area contributed by atoms with Gasteiger partial charge in [-0.15, -0.1) is 0 Å². The van der Waals surface area contributed by atoms with Crippen LogP contribution in [0.5, 0.6) is 11.5 Å². The van der Waals surface area contributed by atoms with Crippen molar-refractivity contribution in [2.75, 3.05) is 0 Å². The first-order valence-corrected chi connectivity index (χ1v) is 6.44. The highest BCUT2D eigenvalue weighted by molar-refractivity contribution is 5.67. The molecule has 1 heteroatoms. The minimum atomic E-state index is 0.880. The van der Waals surface area contributed by atoms with Crippen molar-refractivity contribution in [2.24, 2.45) is 0 Å². The Hall–Kier alpha value is -2.02. The second-order valence-corrected chi connectivity index (χ2v) is 4.56. The highest BCUT2D eigenvalue weighted by Gasteiger charge is 2.06. The van der Waals surface area contributed by atoms with Crippen LogP contribution in [0.15, 0.2) is 60.7 Å². The first kappa shape index (κ1) is 11.1. The Morgan fingerprint density at radius 2 is 1.50 bits per heavy atom. The summed E-state index contributed by atoms with van der Waals surface area (Å²) >= 11 is 0. The van der Waals surface area contributed by atoms with Gasteiger partial charge in [-0.1, -0.05) is 36.4 Å². The fourth-order valence-corrected chi connectivity index (χ4v) is 2.29. The summed E-state index contributed by atoms with van der Waals surface area (Å²) in [5, 5.41) is 0. The molecular formula is C17H16O. The monoisotopic (exact) mass is 236 g/mol. The molecule has 0 amide bonds. The van der Waals surface area contributed by atoms with E-state index in [-0.39, 0.29) is 0 Å². The minimum absolute atomic E-state index is 0.880. The molecule has 0 bridgehead atoms. The Labute approximate surface area is 108 Å². The zero-order chi connectivity index (χ0) is 12.2. The van der Waals surface area contributed by atoms with Gasteiger partial charge in [-0.25, -0.2) is 0 Å². The summed E-state index contributed by atoms with van der Waals surface area (Å²) < 4.78 is 5.78. The summed E-state index contributed by atoms with van der Waals surface area (Å²) in [6.07, 6.45) is 6.06. The lowest BCUT2D eigenvalue weighted by molar-refractivity contribution is 0.482. The van der Waals surface area contributed by atoms with E-state index in [9.17, 15) is 0 Å². The van der Waals surface area contributed by atoms with E-state index in [1.165, 1.54) is 30.4 Å². The molecule has 0 heterocycles. The molecule has 1 aliphatic carbocycles. The quantitative estimate of drug-likeness (QED) is 0.725. The topological polar surface area (TPSA) is 9.23 Å². The van der Waals surface area contributed by atoms with Gasteiger partial charge in [0.05, 0.1) is 0 Å². The number of para-hydroxylation sites is 1. The number of rotatable bonds is 3. The molecule has 0 N–H and O–H groups in total. The van der Waals surface area contributed by atoms with Gasteiger partial charge in [0, 0.05) is 0 Å². The van der Waals surface area contributed by atoms with Crippen LogP contribution in [0.2, 0.25) is 0 Å². The maximum Gasteiger partial charge on any atom is 0.127 e. The van der Waals surface area contributed by atoms with E-state index in [1.807, 2.05) is 42.5 Å². The van der Waals surface area contributed by atoms with E-state index >= 15 is 0 Å². The number of ether oxygens (including phenoxy) is 1. The molecule has 1 aliphatic rings. The number of hydrogen-bond acceptors (Lipinski definition) is 1. The second kappa shape index (κ2) is 5.09. The SMILES string of the molecule is C1=C(c2ccc(Oc3ccccc3)cc2)CCC1. The van der Waals surface area contributed by atoms with Crippen molar-refractivity contribution in [3.63, 3.8) is 0 Å². The van der Waals surface area contributed by atoms with Gasteiger partial charge in [0.15, 0.2) is 0 Å². The van der Waals surface area contributed by atoms with Gasteiger partial charge in [-0.05, 0) is 54.7 Å². The van der Waals surface area contributed by atoms with Crippen molar-refractivity contribution in [3.05, 3.63) is 66.2 Å². The fourth-order valence-electron chi connectivity index (χ4n) is 2.29. The molecule has 0 unspecified atom stereocenters. The van der Waals surface area contributed by atoms with Gasteiger partial charge in [0.1, 0.15) is 11.5 Å². The third kappa shape index (κ3) is 2.45. The predicted molar refractivity (Wildman–Crippen MR) is 74.8 cm³/mol. The van der Waals surface area contributed by atoms with Crippen LogP contribution < -0.4 is 4.74 Å². The molecular weight excluding hydrogens is 220 g/mol. The molecule has 2 aromatic rings. The Bertz CT molecular complexity index is 538. The summed E-state index contributed by atoms with van der Waals surface area (Å²) in [6.45, 7) is 0. The van der Waals surface area contributed by atoms with Gasteiger partial charge in [0.25, 0.3) is 0 Å². The normalized spacial score (nSPS) is 14.3. The lowest BCUT2D eigenvalue weighted by atomic mass is 10.1. The van der Waals surface area contributed by atoms with Crippen LogP contribution in [0.3, 0.4) is 0 Å². The Morgan fingerprint density at radius 1 is 0.778 bits per heavy atom. The molecule has 0 aliphatic heterocycles. The molecule has 1 nitrogen and oxygen atoms in total. The smallest absolute Gasteiger partial charge is 0.127 e. The van der Waals surface area contributed by atoms with E-state index in [1.54, 1.807) is 0 Å². The Balaban J connectivity index is 1.75. The lowest BCUT2D eigenvalue weighted by Crippen LogP contribution is -1.85. The Kier molecular flexibility index (Phi) is 3.14. The van der Waals surface area contributed by atoms with Crippen LogP contribution in [-0.4, -0.2) is 0 Å². The summed E-state index contributed by atoms with van der Waals surface area (Å²) in [7, 11) is 0. The molecule has 0 saturated carbocycles. The van der Waals surface area contributed by atoms with E-state index in [2.05, 4.69) is 18.2 Å². The van der Waals surface area contributed by atoms with Gasteiger partial charge in [-0.3, -0.25) is 0 Å². The molecule has 0 radical (unpaired) electrons. The van der Waals surface area contributed by atoms with E-state index in [0.717, 1.165) is 11.5 Å². The summed E-state index contributed by atoms with van der Waals surface area (Å²) in [5.41, 5.74) is 2.80. The maximum atomic E-state index is 5.78. The van der Waals surface area contributed by atoms with Crippen LogP contribution in [0, 0.1) is 0 Å². The minimum Gasteiger partial charge on any atom is -0.457 e. The van der Waals surface area contributed by atoms with E-state index in [0.29, 0.717) is 0 Å². The third-order valence-corrected chi connectivity index (χ3v) is 3.24. The average molecular weight is 236 g/mol. The molecule has 3 rings (SSSR count). The lowest BCUT2D eigenvalue weighted by Gasteiger charge is -2.07. The molecule has 90 valence electrons. The second-order valence-electron chi connectivity index (χ2n) is 4.56. The van der Waals surface area contributed by atoms with Crippen molar-refractivity contribution in [3.8, 4) is 11.5 Å².